The van der Waals surface area contributed by atoms with E-state index in [9.17, 15) is 19.5 Å². The van der Waals surface area contributed by atoms with E-state index in [1.54, 1.807) is 12.1 Å². The van der Waals surface area contributed by atoms with E-state index in [0.29, 0.717) is 5.76 Å². The van der Waals surface area contributed by atoms with Gasteiger partial charge in [0.1, 0.15) is 17.1 Å². The normalized spacial score (nSPS) is 9.96. The Kier molecular flexibility index (Phi) is 4.98. The van der Waals surface area contributed by atoms with Crippen LogP contribution in [0.2, 0.25) is 0 Å². The quantitative estimate of drug-likeness (QED) is 0.440. The highest BCUT2D eigenvalue weighted by Crippen LogP contribution is 2.22. The molecule has 0 saturated carbocycles. The number of rotatable bonds is 4. The molecule has 0 saturated heterocycles. The number of benzene rings is 1. The molecule has 2 rings (SSSR count). The van der Waals surface area contributed by atoms with Crippen LogP contribution in [0.4, 0.5) is 5.69 Å². The van der Waals surface area contributed by atoms with Gasteiger partial charge < -0.3 is 24.9 Å². The molecule has 0 aliphatic carbocycles. The second-order valence-electron chi connectivity index (χ2n) is 4.44. The number of hydrogen-bond donors (Lipinski definition) is 3. The zero-order valence-corrected chi connectivity index (χ0v) is 12.2. The van der Waals surface area contributed by atoms with E-state index in [2.05, 4.69) is 15.4 Å². The molecule has 23 heavy (non-hydrogen) atoms. The van der Waals surface area contributed by atoms with E-state index in [4.69, 9.17) is 4.42 Å². The Hall–Kier alpha value is -3.29. The van der Waals surface area contributed by atoms with Gasteiger partial charge in [-0.3, -0.25) is 9.59 Å². The van der Waals surface area contributed by atoms with Crippen LogP contribution >= 0.6 is 0 Å². The fraction of sp³-hybridized carbons (Fsp3) is 0.133. The van der Waals surface area contributed by atoms with Crippen LogP contribution in [0.25, 0.3) is 0 Å². The number of carbonyl (C=O) groups is 3. The number of furan rings is 1. The number of nitrogens with one attached hydrogen (secondary N) is 2. The monoisotopic (exact) mass is 318 g/mol. The summed E-state index contributed by atoms with van der Waals surface area (Å²) in [5.41, 5.74) is 0.0441. The van der Waals surface area contributed by atoms with Crippen molar-refractivity contribution in [1.82, 2.24) is 5.32 Å². The van der Waals surface area contributed by atoms with E-state index in [1.807, 2.05) is 0 Å². The number of esters is 1. The minimum absolute atomic E-state index is 0.0717. The van der Waals surface area contributed by atoms with Crippen LogP contribution < -0.4 is 10.6 Å². The molecule has 8 heteroatoms. The molecule has 3 N–H and O–H groups in total. The maximum atomic E-state index is 11.8. The zero-order valence-electron chi connectivity index (χ0n) is 12.2. The summed E-state index contributed by atoms with van der Waals surface area (Å²) in [5, 5.41) is 14.3. The third-order valence-corrected chi connectivity index (χ3v) is 2.87. The van der Waals surface area contributed by atoms with Gasteiger partial charge in [0.05, 0.1) is 19.9 Å². The summed E-state index contributed by atoms with van der Waals surface area (Å²) < 4.78 is 9.53. The summed E-state index contributed by atoms with van der Waals surface area (Å²) in [6, 6.07) is 7.08. The van der Waals surface area contributed by atoms with Gasteiger partial charge in [-0.15, -0.1) is 0 Å². The Labute approximate surface area is 131 Å². The standard InChI is InChI=1S/C15H14N2O6/c1-22-15(21)11-7-9(4-5-12(11)18)17-14(20)13(19)16-8-10-3-2-6-23-10/h2-7,18H,8H2,1H3,(H,16,19)(H,17,20). The first-order valence-electron chi connectivity index (χ1n) is 6.54. The molecule has 0 bridgehead atoms. The average molecular weight is 318 g/mol. The van der Waals surface area contributed by atoms with Crippen LogP contribution in [-0.2, 0) is 20.9 Å². The van der Waals surface area contributed by atoms with Crippen molar-refractivity contribution in [3.8, 4) is 5.75 Å². The molecule has 0 radical (unpaired) electrons. The number of amides is 2. The third-order valence-electron chi connectivity index (χ3n) is 2.87. The highest BCUT2D eigenvalue weighted by atomic mass is 16.5. The maximum absolute atomic E-state index is 11.8. The number of phenolic OH excluding ortho intramolecular Hbond substituents is 1. The average Bonchev–Trinajstić information content (AvgIpc) is 3.07. The van der Waals surface area contributed by atoms with Crippen molar-refractivity contribution in [2.75, 3.05) is 12.4 Å². The SMILES string of the molecule is COC(=O)c1cc(NC(=O)C(=O)NCc2ccco2)ccc1O. The lowest BCUT2D eigenvalue weighted by Crippen LogP contribution is -2.34. The maximum Gasteiger partial charge on any atom is 0.341 e. The molecular formula is C15H14N2O6. The van der Waals surface area contributed by atoms with Crippen LogP contribution in [0.3, 0.4) is 0 Å². The van der Waals surface area contributed by atoms with Crippen molar-refractivity contribution in [3.05, 3.63) is 47.9 Å². The predicted octanol–water partition coefficient (Wildman–Crippen LogP) is 1.03. The molecule has 1 aromatic carbocycles. The van der Waals surface area contributed by atoms with Crippen molar-refractivity contribution in [2.45, 2.75) is 6.54 Å². The summed E-state index contributed by atoms with van der Waals surface area (Å²) >= 11 is 0. The second-order valence-corrected chi connectivity index (χ2v) is 4.44. The number of hydrogen-bond acceptors (Lipinski definition) is 6. The van der Waals surface area contributed by atoms with Crippen LogP contribution in [0, 0.1) is 0 Å². The van der Waals surface area contributed by atoms with Gasteiger partial charge in [-0.1, -0.05) is 0 Å². The first kappa shape index (κ1) is 16.1. The summed E-state index contributed by atoms with van der Waals surface area (Å²) in [6.07, 6.45) is 1.45. The zero-order chi connectivity index (χ0) is 16.8. The Morgan fingerprint density at radius 2 is 2.00 bits per heavy atom. The molecule has 0 atom stereocenters. The van der Waals surface area contributed by atoms with Crippen molar-refractivity contribution in [2.24, 2.45) is 0 Å². The van der Waals surface area contributed by atoms with E-state index >= 15 is 0 Å². The lowest BCUT2D eigenvalue weighted by atomic mass is 10.1. The predicted molar refractivity (Wildman–Crippen MR) is 78.6 cm³/mol. The largest absolute Gasteiger partial charge is 0.507 e. The Morgan fingerprint density at radius 3 is 2.65 bits per heavy atom. The third kappa shape index (κ3) is 4.10. The lowest BCUT2D eigenvalue weighted by molar-refractivity contribution is -0.136. The van der Waals surface area contributed by atoms with Crippen molar-refractivity contribution < 1.29 is 28.6 Å². The number of anilines is 1. The summed E-state index contributed by atoms with van der Waals surface area (Å²) in [5.74, 6) is -2.34. The minimum Gasteiger partial charge on any atom is -0.507 e. The minimum atomic E-state index is -0.918. The molecule has 0 aliphatic rings. The molecule has 1 heterocycles. The van der Waals surface area contributed by atoms with Gasteiger partial charge in [0.15, 0.2) is 0 Å². The fourth-order valence-electron chi connectivity index (χ4n) is 1.74. The molecule has 2 amide bonds. The first-order chi connectivity index (χ1) is 11.0. The van der Waals surface area contributed by atoms with Crippen molar-refractivity contribution >= 4 is 23.5 Å². The highest BCUT2D eigenvalue weighted by molar-refractivity contribution is 6.39. The van der Waals surface area contributed by atoms with Crippen LogP contribution in [-0.4, -0.2) is 30.0 Å². The molecule has 0 spiro atoms. The number of phenols is 1. The highest BCUT2D eigenvalue weighted by Gasteiger charge is 2.17. The van der Waals surface area contributed by atoms with Crippen LogP contribution in [0.5, 0.6) is 5.75 Å². The van der Waals surface area contributed by atoms with Gasteiger partial charge in [-0.25, -0.2) is 4.79 Å². The fourth-order valence-corrected chi connectivity index (χ4v) is 1.74. The van der Waals surface area contributed by atoms with Crippen LogP contribution in [0.1, 0.15) is 16.1 Å². The smallest absolute Gasteiger partial charge is 0.341 e. The van der Waals surface area contributed by atoms with Gasteiger partial charge in [-0.05, 0) is 30.3 Å². The van der Waals surface area contributed by atoms with Gasteiger partial charge in [0.2, 0.25) is 0 Å². The molecule has 0 fully saturated rings. The number of carbonyl (C=O) groups excluding carboxylic acids is 3. The summed E-state index contributed by atoms with van der Waals surface area (Å²) in [6.45, 7) is 0.0717. The van der Waals surface area contributed by atoms with Crippen molar-refractivity contribution in [3.63, 3.8) is 0 Å². The number of methoxy groups -OCH3 is 1. The molecule has 2 aromatic rings. The molecule has 120 valence electrons. The lowest BCUT2D eigenvalue weighted by Gasteiger charge is -2.08. The second kappa shape index (κ2) is 7.12. The van der Waals surface area contributed by atoms with E-state index in [-0.39, 0.29) is 23.5 Å². The van der Waals surface area contributed by atoms with E-state index in [0.717, 1.165) is 7.11 Å². The first-order valence-corrected chi connectivity index (χ1v) is 6.54. The van der Waals surface area contributed by atoms with Crippen LogP contribution in [0.15, 0.2) is 41.0 Å². The Morgan fingerprint density at radius 1 is 1.22 bits per heavy atom. The van der Waals surface area contributed by atoms with E-state index in [1.165, 1.54) is 24.5 Å². The van der Waals surface area contributed by atoms with E-state index < -0.39 is 17.8 Å². The molecule has 1 aromatic heterocycles. The summed E-state index contributed by atoms with van der Waals surface area (Å²) in [4.78, 5) is 34.9. The topological polar surface area (TPSA) is 118 Å². The van der Waals surface area contributed by atoms with Gasteiger partial charge in [0.25, 0.3) is 0 Å². The van der Waals surface area contributed by atoms with Gasteiger partial charge >= 0.3 is 17.8 Å². The summed E-state index contributed by atoms with van der Waals surface area (Å²) in [7, 11) is 1.16. The Bertz CT molecular complexity index is 724. The molecule has 8 nitrogen and oxygen atoms in total. The number of aromatic hydroxyl groups is 1. The van der Waals surface area contributed by atoms with Crippen molar-refractivity contribution in [1.29, 1.82) is 0 Å². The Balaban J connectivity index is 1.99. The molecule has 0 unspecified atom stereocenters. The molecule has 0 aliphatic heterocycles. The number of ether oxygens (including phenoxy) is 1. The molecular weight excluding hydrogens is 304 g/mol. The van der Waals surface area contributed by atoms with Gasteiger partial charge in [0, 0.05) is 5.69 Å². The van der Waals surface area contributed by atoms with Gasteiger partial charge in [-0.2, -0.15) is 0 Å².